The van der Waals surface area contributed by atoms with Gasteiger partial charge in [-0.3, -0.25) is 13.8 Å². The van der Waals surface area contributed by atoms with Crippen molar-refractivity contribution < 1.29 is 18.2 Å². The molecule has 0 N–H and O–H groups in total. The summed E-state index contributed by atoms with van der Waals surface area (Å²) in [6.07, 6.45) is 2.59. The molecule has 0 amide bonds. The largest absolute Gasteiger partial charge is 0.549 e. The Bertz CT molecular complexity index is 1180. The van der Waals surface area contributed by atoms with Crippen LogP contribution in [0.4, 0.5) is 0 Å². The van der Waals surface area contributed by atoms with Crippen LogP contribution in [-0.4, -0.2) is 14.7 Å². The second kappa shape index (κ2) is 9.00. The standard InChI is InChI=1S/C21H18N3O5P/c25-21-20-19(12-7-13-22-20)23-16-24(21)29-30(26,27-14-17-8-3-1-4-9-17)28-15-18-10-5-2-6-11-18/h1-13,16H,14-15H2. The van der Waals surface area contributed by atoms with Gasteiger partial charge in [0.25, 0.3) is 0 Å². The Kier molecular flexibility index (Phi) is 5.99. The van der Waals surface area contributed by atoms with E-state index in [2.05, 4.69) is 9.97 Å². The third-order valence-electron chi connectivity index (χ3n) is 4.14. The van der Waals surface area contributed by atoms with E-state index in [4.69, 9.17) is 13.7 Å². The molecule has 4 aromatic rings. The lowest BCUT2D eigenvalue weighted by Crippen LogP contribution is -2.27. The Labute approximate surface area is 172 Å². The van der Waals surface area contributed by atoms with Crippen LogP contribution in [0, 0.1) is 0 Å². The van der Waals surface area contributed by atoms with E-state index in [0.717, 1.165) is 22.2 Å². The fraction of sp³-hybridized carbons (Fsp3) is 0.0952. The van der Waals surface area contributed by atoms with Crippen LogP contribution in [0.1, 0.15) is 11.1 Å². The number of nitrogens with zero attached hydrogens (tertiary/aromatic N) is 3. The van der Waals surface area contributed by atoms with Crippen molar-refractivity contribution in [1.82, 2.24) is 14.7 Å². The number of aromatic nitrogens is 3. The van der Waals surface area contributed by atoms with Crippen LogP contribution in [-0.2, 0) is 26.8 Å². The highest BCUT2D eigenvalue weighted by Gasteiger charge is 2.31. The summed E-state index contributed by atoms with van der Waals surface area (Å²) in [5, 5.41) is 0. The van der Waals surface area contributed by atoms with Crippen LogP contribution in [0.2, 0.25) is 0 Å². The van der Waals surface area contributed by atoms with Gasteiger partial charge in [-0.1, -0.05) is 60.7 Å². The molecule has 0 saturated carbocycles. The van der Waals surface area contributed by atoms with Crippen LogP contribution in [0.15, 0.2) is 90.1 Å². The summed E-state index contributed by atoms with van der Waals surface area (Å²) >= 11 is 0. The van der Waals surface area contributed by atoms with E-state index >= 15 is 0 Å². The molecule has 2 heterocycles. The number of fused-ring (bicyclic) bond motifs is 1. The maximum atomic E-state index is 13.3. The van der Waals surface area contributed by atoms with Crippen molar-refractivity contribution in [3.8, 4) is 0 Å². The van der Waals surface area contributed by atoms with Crippen LogP contribution in [0.3, 0.4) is 0 Å². The molecular weight excluding hydrogens is 405 g/mol. The summed E-state index contributed by atoms with van der Waals surface area (Å²) < 4.78 is 30.5. The first kappa shape index (κ1) is 20.0. The van der Waals surface area contributed by atoms with Gasteiger partial charge in [0.15, 0.2) is 5.52 Å². The van der Waals surface area contributed by atoms with Gasteiger partial charge in [0.05, 0.1) is 18.7 Å². The summed E-state index contributed by atoms with van der Waals surface area (Å²) in [6, 6.07) is 21.6. The molecule has 4 rings (SSSR count). The second-order valence-electron chi connectivity index (χ2n) is 6.29. The van der Waals surface area contributed by atoms with E-state index in [1.54, 1.807) is 12.1 Å². The molecule has 2 aromatic heterocycles. The minimum atomic E-state index is -4.18. The Morgan fingerprint density at radius 3 is 2.00 bits per heavy atom. The highest BCUT2D eigenvalue weighted by molar-refractivity contribution is 7.48. The van der Waals surface area contributed by atoms with Crippen LogP contribution < -0.4 is 10.2 Å². The van der Waals surface area contributed by atoms with Gasteiger partial charge in [-0.2, -0.15) is 0 Å². The number of phosphoric acid groups is 1. The highest BCUT2D eigenvalue weighted by Crippen LogP contribution is 2.47. The monoisotopic (exact) mass is 423 g/mol. The van der Waals surface area contributed by atoms with Crippen molar-refractivity contribution in [3.05, 3.63) is 107 Å². The lowest BCUT2D eigenvalue weighted by atomic mass is 10.2. The molecule has 9 heteroatoms. The van der Waals surface area contributed by atoms with Crippen molar-refractivity contribution in [3.63, 3.8) is 0 Å². The Hall–Kier alpha value is -3.32. The molecule has 30 heavy (non-hydrogen) atoms. The molecule has 0 spiro atoms. The Balaban J connectivity index is 1.59. The van der Waals surface area contributed by atoms with Crippen molar-refractivity contribution >= 4 is 18.9 Å². The number of phosphoric ester groups is 1. The van der Waals surface area contributed by atoms with Gasteiger partial charge in [0.2, 0.25) is 0 Å². The molecule has 2 aromatic carbocycles. The summed E-state index contributed by atoms with van der Waals surface area (Å²) in [4.78, 5) is 20.8. The lowest BCUT2D eigenvalue weighted by molar-refractivity contribution is 0.0908. The molecule has 152 valence electrons. The van der Waals surface area contributed by atoms with Gasteiger partial charge in [-0.05, 0) is 23.3 Å². The smallest absolute Gasteiger partial charge is 0.306 e. The molecule has 0 saturated heterocycles. The predicted molar refractivity (Wildman–Crippen MR) is 110 cm³/mol. The summed E-state index contributed by atoms with van der Waals surface area (Å²) in [5.41, 5.74) is 1.41. The fourth-order valence-electron chi connectivity index (χ4n) is 2.64. The van der Waals surface area contributed by atoms with E-state index in [9.17, 15) is 9.36 Å². The molecule has 0 bridgehead atoms. The van der Waals surface area contributed by atoms with E-state index < -0.39 is 13.4 Å². The fourth-order valence-corrected chi connectivity index (χ4v) is 3.76. The number of benzene rings is 2. The van der Waals surface area contributed by atoms with E-state index in [1.165, 1.54) is 6.20 Å². The zero-order valence-corrected chi connectivity index (χ0v) is 16.7. The van der Waals surface area contributed by atoms with Crippen molar-refractivity contribution in [1.29, 1.82) is 0 Å². The minimum absolute atomic E-state index is 0.0269. The molecule has 0 aliphatic carbocycles. The van der Waals surface area contributed by atoms with Crippen LogP contribution >= 0.6 is 7.82 Å². The second-order valence-corrected chi connectivity index (χ2v) is 7.87. The topological polar surface area (TPSA) is 92.5 Å². The van der Waals surface area contributed by atoms with Gasteiger partial charge in [-0.15, -0.1) is 4.73 Å². The molecule has 0 aliphatic heterocycles. The number of pyridine rings is 1. The van der Waals surface area contributed by atoms with Gasteiger partial charge < -0.3 is 4.62 Å². The van der Waals surface area contributed by atoms with Gasteiger partial charge in [-0.25, -0.2) is 14.5 Å². The van der Waals surface area contributed by atoms with E-state index in [1.807, 2.05) is 60.7 Å². The molecule has 0 fully saturated rings. The predicted octanol–water partition coefficient (Wildman–Crippen LogP) is 3.76. The highest BCUT2D eigenvalue weighted by atomic mass is 31.2. The maximum Gasteiger partial charge on any atom is 0.549 e. The van der Waals surface area contributed by atoms with E-state index in [0.29, 0.717) is 5.52 Å². The normalized spacial score (nSPS) is 11.5. The SMILES string of the molecule is O=c1c2ncccc2ncn1OP(=O)(OCc1ccccc1)OCc1ccccc1. The van der Waals surface area contributed by atoms with Crippen molar-refractivity contribution in [2.75, 3.05) is 0 Å². The van der Waals surface area contributed by atoms with E-state index in [-0.39, 0.29) is 18.7 Å². The average molecular weight is 423 g/mol. The number of hydrogen-bond donors (Lipinski definition) is 0. The molecule has 0 radical (unpaired) electrons. The zero-order chi connectivity index (χ0) is 20.8. The molecule has 8 nitrogen and oxygen atoms in total. The Morgan fingerprint density at radius 2 is 1.40 bits per heavy atom. The average Bonchev–Trinajstić information content (AvgIpc) is 2.80. The summed E-state index contributed by atoms with van der Waals surface area (Å²) in [7, 11) is -4.18. The first-order valence-electron chi connectivity index (χ1n) is 9.12. The van der Waals surface area contributed by atoms with Gasteiger partial charge in [0.1, 0.15) is 6.33 Å². The maximum absolute atomic E-state index is 13.3. The summed E-state index contributed by atoms with van der Waals surface area (Å²) in [5.74, 6) is 0. The van der Waals surface area contributed by atoms with Crippen LogP contribution in [0.25, 0.3) is 11.0 Å². The van der Waals surface area contributed by atoms with Crippen LogP contribution in [0.5, 0.6) is 0 Å². The molecule has 0 unspecified atom stereocenters. The number of hydrogen-bond acceptors (Lipinski definition) is 7. The minimum Gasteiger partial charge on any atom is -0.306 e. The quantitative estimate of drug-likeness (QED) is 0.399. The molecular formula is C21H18N3O5P. The Morgan fingerprint density at radius 1 is 0.800 bits per heavy atom. The molecule has 0 aliphatic rings. The third kappa shape index (κ3) is 4.80. The van der Waals surface area contributed by atoms with Gasteiger partial charge >= 0.3 is 13.4 Å². The van der Waals surface area contributed by atoms with Crippen molar-refractivity contribution in [2.45, 2.75) is 13.2 Å². The number of rotatable bonds is 8. The first-order valence-corrected chi connectivity index (χ1v) is 10.6. The van der Waals surface area contributed by atoms with Crippen molar-refractivity contribution in [2.24, 2.45) is 0 Å². The zero-order valence-electron chi connectivity index (χ0n) is 15.8. The lowest BCUT2D eigenvalue weighted by Gasteiger charge is -2.18. The first-order chi connectivity index (χ1) is 14.6. The summed E-state index contributed by atoms with van der Waals surface area (Å²) in [6.45, 7) is -0.0537. The third-order valence-corrected chi connectivity index (χ3v) is 5.41. The molecule has 0 atom stereocenters. The van der Waals surface area contributed by atoms with Gasteiger partial charge in [0, 0.05) is 6.20 Å².